The van der Waals surface area contributed by atoms with Crippen LogP contribution in [-0.2, 0) is 27.8 Å². The topological polar surface area (TPSA) is 90.2 Å². The highest BCUT2D eigenvalue weighted by molar-refractivity contribution is 6.06. The van der Waals surface area contributed by atoms with Crippen molar-refractivity contribution in [3.63, 3.8) is 0 Å². The number of aromatic nitrogens is 4. The summed E-state index contributed by atoms with van der Waals surface area (Å²) in [6.07, 6.45) is 0.00554. The van der Waals surface area contributed by atoms with Gasteiger partial charge in [0.25, 0.3) is 0 Å². The first-order valence-corrected chi connectivity index (χ1v) is 8.31. The lowest BCUT2D eigenvalue weighted by atomic mass is 10.0. The second-order valence-corrected chi connectivity index (χ2v) is 6.01. The number of aryl methyl sites for hydroxylation is 1. The number of halogens is 1. The van der Waals surface area contributed by atoms with Crippen molar-refractivity contribution in [2.75, 3.05) is 11.5 Å². The summed E-state index contributed by atoms with van der Waals surface area (Å²) >= 11 is 0. The van der Waals surface area contributed by atoms with Crippen LogP contribution in [0.4, 0.5) is 10.1 Å². The minimum atomic E-state index is -1.10. The van der Waals surface area contributed by atoms with Crippen molar-refractivity contribution < 1.29 is 18.7 Å². The highest BCUT2D eigenvalue weighted by Gasteiger charge is 2.35. The summed E-state index contributed by atoms with van der Waals surface area (Å²) in [5.41, 5.74) is 0.497. The molecule has 1 atom stereocenters. The molecule has 0 saturated heterocycles. The molecular weight excluding hydrogens is 341 g/mol. The predicted molar refractivity (Wildman–Crippen MR) is 91.6 cm³/mol. The zero-order valence-electron chi connectivity index (χ0n) is 15.2. The van der Waals surface area contributed by atoms with Crippen molar-refractivity contribution in [2.24, 2.45) is 13.0 Å². The number of anilines is 1. The Morgan fingerprint density at radius 3 is 2.42 bits per heavy atom. The maximum atomic E-state index is 13.2. The summed E-state index contributed by atoms with van der Waals surface area (Å²) < 4.78 is 19.7. The maximum Gasteiger partial charge on any atom is 0.318 e. The molecule has 1 unspecified atom stereocenters. The van der Waals surface area contributed by atoms with Gasteiger partial charge in [-0.25, -0.2) is 9.07 Å². The first kappa shape index (κ1) is 19.5. The van der Waals surface area contributed by atoms with Crippen molar-refractivity contribution in [3.05, 3.63) is 35.9 Å². The average Bonchev–Trinajstić information content (AvgIpc) is 2.99. The number of esters is 1. The Labute approximate surface area is 150 Å². The van der Waals surface area contributed by atoms with E-state index in [0.717, 1.165) is 0 Å². The molecule has 0 aliphatic rings. The second-order valence-electron chi connectivity index (χ2n) is 6.01. The fourth-order valence-electron chi connectivity index (χ4n) is 2.57. The highest BCUT2D eigenvalue weighted by Crippen LogP contribution is 2.22. The van der Waals surface area contributed by atoms with E-state index in [1.807, 2.05) is 13.8 Å². The third-order valence-electron chi connectivity index (χ3n) is 3.82. The van der Waals surface area contributed by atoms with Crippen LogP contribution in [-0.4, -0.2) is 44.7 Å². The van der Waals surface area contributed by atoms with Gasteiger partial charge in [0, 0.05) is 25.2 Å². The van der Waals surface area contributed by atoms with Crippen LogP contribution >= 0.6 is 0 Å². The van der Waals surface area contributed by atoms with E-state index in [4.69, 9.17) is 4.74 Å². The van der Waals surface area contributed by atoms with Gasteiger partial charge >= 0.3 is 5.97 Å². The SMILES string of the molecule is CCOC(=O)C(Cc1nnnn1C)C(=O)N(c1ccc(F)cc1)C(C)C. The normalized spacial score (nSPS) is 12.1. The number of rotatable bonds is 7. The van der Waals surface area contributed by atoms with Gasteiger partial charge in [0.1, 0.15) is 11.7 Å². The molecule has 8 nitrogen and oxygen atoms in total. The van der Waals surface area contributed by atoms with Crippen LogP contribution in [0.1, 0.15) is 26.6 Å². The zero-order chi connectivity index (χ0) is 19.3. The third-order valence-corrected chi connectivity index (χ3v) is 3.82. The lowest BCUT2D eigenvalue weighted by Crippen LogP contribution is -2.45. The highest BCUT2D eigenvalue weighted by atomic mass is 19.1. The lowest BCUT2D eigenvalue weighted by Gasteiger charge is -2.30. The van der Waals surface area contributed by atoms with Gasteiger partial charge in [-0.1, -0.05) is 0 Å². The Hall–Kier alpha value is -2.84. The fourth-order valence-corrected chi connectivity index (χ4v) is 2.57. The summed E-state index contributed by atoms with van der Waals surface area (Å²) in [6, 6.07) is 5.29. The summed E-state index contributed by atoms with van der Waals surface area (Å²) in [7, 11) is 1.63. The quantitative estimate of drug-likeness (QED) is 0.547. The molecule has 0 saturated carbocycles. The Morgan fingerprint density at radius 1 is 1.27 bits per heavy atom. The molecule has 0 aliphatic heterocycles. The van der Waals surface area contributed by atoms with E-state index in [1.54, 1.807) is 14.0 Å². The molecule has 2 rings (SSSR count). The van der Waals surface area contributed by atoms with Gasteiger partial charge in [-0.15, -0.1) is 5.10 Å². The lowest BCUT2D eigenvalue weighted by molar-refractivity contribution is -0.151. The molecular formula is C17H22FN5O3. The van der Waals surface area contributed by atoms with Crippen molar-refractivity contribution >= 4 is 17.6 Å². The van der Waals surface area contributed by atoms with E-state index < -0.39 is 23.6 Å². The molecule has 26 heavy (non-hydrogen) atoms. The van der Waals surface area contributed by atoms with Crippen LogP contribution in [0.5, 0.6) is 0 Å². The first-order valence-electron chi connectivity index (χ1n) is 8.31. The van der Waals surface area contributed by atoms with Crippen LogP contribution in [0.15, 0.2) is 24.3 Å². The molecule has 1 aromatic carbocycles. The molecule has 0 N–H and O–H groups in total. The Bertz CT molecular complexity index is 760. The number of nitrogens with zero attached hydrogens (tertiary/aromatic N) is 5. The Balaban J connectivity index is 2.36. The molecule has 0 spiro atoms. The van der Waals surface area contributed by atoms with Crippen LogP contribution < -0.4 is 4.90 Å². The standard InChI is InChI=1S/C17H22FN5O3/c1-5-26-17(25)14(10-15-19-20-21-22(15)4)16(24)23(11(2)3)13-8-6-12(18)7-9-13/h6-9,11,14H,5,10H2,1-4H3. The van der Waals surface area contributed by atoms with Gasteiger partial charge in [-0.3, -0.25) is 9.59 Å². The van der Waals surface area contributed by atoms with Gasteiger partial charge in [0.05, 0.1) is 6.61 Å². The summed E-state index contributed by atoms with van der Waals surface area (Å²) in [4.78, 5) is 27.1. The predicted octanol–water partition coefficient (Wildman–Crippen LogP) is 1.51. The van der Waals surface area contributed by atoms with Crippen LogP contribution in [0.25, 0.3) is 0 Å². The third kappa shape index (κ3) is 4.41. The van der Waals surface area contributed by atoms with Gasteiger partial charge < -0.3 is 9.64 Å². The Kier molecular flexibility index (Phi) is 6.37. The molecule has 2 aromatic rings. The summed E-state index contributed by atoms with van der Waals surface area (Å²) in [6.45, 7) is 5.45. The summed E-state index contributed by atoms with van der Waals surface area (Å²) in [5.74, 6) is -2.22. The van der Waals surface area contributed by atoms with E-state index in [-0.39, 0.29) is 19.1 Å². The molecule has 140 valence electrons. The number of ether oxygens (including phenoxy) is 1. The molecule has 0 aliphatic carbocycles. The van der Waals surface area contributed by atoms with E-state index in [1.165, 1.54) is 33.8 Å². The van der Waals surface area contributed by atoms with E-state index in [9.17, 15) is 14.0 Å². The van der Waals surface area contributed by atoms with Crippen molar-refractivity contribution in [2.45, 2.75) is 33.2 Å². The number of amides is 1. The molecule has 1 amide bonds. The first-order chi connectivity index (χ1) is 12.3. The van der Waals surface area contributed by atoms with E-state index in [2.05, 4.69) is 15.5 Å². The molecule has 0 radical (unpaired) electrons. The molecule has 1 heterocycles. The fraction of sp³-hybridized carbons (Fsp3) is 0.471. The number of carbonyl (C=O) groups excluding carboxylic acids is 2. The van der Waals surface area contributed by atoms with Crippen molar-refractivity contribution in [1.29, 1.82) is 0 Å². The number of hydrogen-bond donors (Lipinski definition) is 0. The molecule has 0 bridgehead atoms. The summed E-state index contributed by atoms with van der Waals surface area (Å²) in [5, 5.41) is 11.1. The second kappa shape index (κ2) is 8.50. The van der Waals surface area contributed by atoms with Crippen LogP contribution in [0.2, 0.25) is 0 Å². The van der Waals surface area contributed by atoms with E-state index in [0.29, 0.717) is 11.5 Å². The largest absolute Gasteiger partial charge is 0.465 e. The maximum absolute atomic E-state index is 13.2. The van der Waals surface area contributed by atoms with Crippen LogP contribution in [0, 0.1) is 11.7 Å². The minimum Gasteiger partial charge on any atom is -0.465 e. The van der Waals surface area contributed by atoms with Gasteiger partial charge in [-0.2, -0.15) is 0 Å². The van der Waals surface area contributed by atoms with Gasteiger partial charge in [0.2, 0.25) is 5.91 Å². The average molecular weight is 363 g/mol. The monoisotopic (exact) mass is 363 g/mol. The number of benzene rings is 1. The van der Waals surface area contributed by atoms with Crippen molar-refractivity contribution in [1.82, 2.24) is 20.2 Å². The molecule has 0 fully saturated rings. The molecule has 1 aromatic heterocycles. The van der Waals surface area contributed by atoms with Gasteiger partial charge in [0.15, 0.2) is 5.82 Å². The van der Waals surface area contributed by atoms with E-state index >= 15 is 0 Å². The van der Waals surface area contributed by atoms with Gasteiger partial charge in [-0.05, 0) is 55.5 Å². The number of tetrazole rings is 1. The zero-order valence-corrected chi connectivity index (χ0v) is 15.2. The number of hydrogen-bond acceptors (Lipinski definition) is 6. The molecule has 9 heteroatoms. The Morgan fingerprint density at radius 2 is 1.92 bits per heavy atom. The van der Waals surface area contributed by atoms with Crippen LogP contribution in [0.3, 0.4) is 0 Å². The number of carbonyl (C=O) groups is 2. The van der Waals surface area contributed by atoms with Crippen molar-refractivity contribution in [3.8, 4) is 0 Å². The minimum absolute atomic E-state index is 0.00554. The smallest absolute Gasteiger partial charge is 0.318 e.